The molecule has 25 heavy (non-hydrogen) atoms. The Morgan fingerprint density at radius 3 is 2.40 bits per heavy atom. The van der Waals surface area contributed by atoms with Crippen LogP contribution in [0.2, 0.25) is 0 Å². The van der Waals surface area contributed by atoms with E-state index in [4.69, 9.17) is 4.42 Å². The number of rotatable bonds is 4. The summed E-state index contributed by atoms with van der Waals surface area (Å²) in [6.45, 7) is 8.40. The minimum atomic E-state index is -0.163. The van der Waals surface area contributed by atoms with Gasteiger partial charge in [0.1, 0.15) is 0 Å². The number of hydrogen-bond acceptors (Lipinski definition) is 5. The van der Waals surface area contributed by atoms with Crippen LogP contribution in [-0.4, -0.2) is 34.1 Å². The van der Waals surface area contributed by atoms with E-state index in [9.17, 15) is 4.79 Å². The molecule has 6 heteroatoms. The highest BCUT2D eigenvalue weighted by molar-refractivity contribution is 5.94. The molecule has 0 unspecified atom stereocenters. The minimum absolute atomic E-state index is 0.130. The quantitative estimate of drug-likeness (QED) is 0.919. The van der Waals surface area contributed by atoms with Crippen molar-refractivity contribution in [1.82, 2.24) is 15.1 Å². The zero-order valence-electron chi connectivity index (χ0n) is 15.2. The first-order valence-electron chi connectivity index (χ1n) is 8.89. The van der Waals surface area contributed by atoms with Gasteiger partial charge in [0.25, 0.3) is 5.91 Å². The number of benzene rings is 1. The number of carbonyl (C=O) groups excluding carboxylic acids is 1. The number of anilines is 1. The first-order valence-corrected chi connectivity index (χ1v) is 8.89. The molecule has 3 rings (SSSR count). The third-order valence-corrected chi connectivity index (χ3v) is 4.35. The number of piperidine rings is 1. The van der Waals surface area contributed by atoms with Gasteiger partial charge in [0.2, 0.25) is 5.89 Å². The van der Waals surface area contributed by atoms with E-state index < -0.39 is 0 Å². The monoisotopic (exact) mass is 342 g/mol. The second kappa shape index (κ2) is 7.25. The maximum absolute atomic E-state index is 12.5. The van der Waals surface area contributed by atoms with Gasteiger partial charge in [0.15, 0.2) is 0 Å². The number of hydrogen-bond donors (Lipinski definition) is 1. The van der Waals surface area contributed by atoms with Crippen LogP contribution in [0.3, 0.4) is 0 Å². The predicted molar refractivity (Wildman–Crippen MR) is 96.5 cm³/mol. The molecule has 1 aliphatic heterocycles. The molecule has 0 bridgehead atoms. The standard InChI is InChI=1S/C19H26N4O2/c1-19(2,3)17-21-22-18(25-17)20-13-14-7-9-15(10-8-14)16(24)23-11-5-4-6-12-23/h7-10H,4-6,11-13H2,1-3H3,(H,20,22). The maximum Gasteiger partial charge on any atom is 0.315 e. The fraction of sp³-hybridized carbons (Fsp3) is 0.526. The highest BCUT2D eigenvalue weighted by Crippen LogP contribution is 2.22. The lowest BCUT2D eigenvalue weighted by Crippen LogP contribution is -2.35. The Bertz CT molecular complexity index is 710. The Balaban J connectivity index is 1.57. The molecule has 1 saturated heterocycles. The second-order valence-corrected chi connectivity index (χ2v) is 7.57. The van der Waals surface area contributed by atoms with Crippen molar-refractivity contribution in [1.29, 1.82) is 0 Å². The second-order valence-electron chi connectivity index (χ2n) is 7.57. The van der Waals surface area contributed by atoms with Gasteiger partial charge in [-0.3, -0.25) is 4.79 Å². The van der Waals surface area contributed by atoms with Gasteiger partial charge >= 0.3 is 6.01 Å². The molecule has 0 radical (unpaired) electrons. The molecule has 6 nitrogen and oxygen atoms in total. The van der Waals surface area contributed by atoms with Crippen molar-refractivity contribution in [3.8, 4) is 0 Å². The normalized spacial score (nSPS) is 15.2. The third-order valence-electron chi connectivity index (χ3n) is 4.35. The van der Waals surface area contributed by atoms with Gasteiger partial charge < -0.3 is 14.6 Å². The number of carbonyl (C=O) groups is 1. The van der Waals surface area contributed by atoms with Gasteiger partial charge in [0, 0.05) is 30.6 Å². The Morgan fingerprint density at radius 2 is 1.80 bits per heavy atom. The van der Waals surface area contributed by atoms with Gasteiger partial charge in [-0.1, -0.05) is 38.0 Å². The predicted octanol–water partition coefficient (Wildman–Crippen LogP) is 3.61. The van der Waals surface area contributed by atoms with E-state index in [-0.39, 0.29) is 11.3 Å². The molecule has 2 heterocycles. The molecule has 0 atom stereocenters. The molecular weight excluding hydrogens is 316 g/mol. The van der Waals surface area contributed by atoms with Gasteiger partial charge in [-0.2, -0.15) is 0 Å². The van der Waals surface area contributed by atoms with Crippen LogP contribution < -0.4 is 5.32 Å². The Labute approximate surface area is 148 Å². The molecule has 1 N–H and O–H groups in total. The smallest absolute Gasteiger partial charge is 0.315 e. The molecule has 1 fully saturated rings. The molecule has 1 aliphatic rings. The van der Waals surface area contributed by atoms with Gasteiger partial charge in [0.05, 0.1) is 0 Å². The van der Waals surface area contributed by atoms with Crippen molar-refractivity contribution < 1.29 is 9.21 Å². The molecule has 134 valence electrons. The SMILES string of the molecule is CC(C)(C)c1nnc(NCc2ccc(C(=O)N3CCCCC3)cc2)o1. The lowest BCUT2D eigenvalue weighted by Gasteiger charge is -2.26. The summed E-state index contributed by atoms with van der Waals surface area (Å²) in [7, 11) is 0. The summed E-state index contributed by atoms with van der Waals surface area (Å²) >= 11 is 0. The lowest BCUT2D eigenvalue weighted by atomic mass is 9.97. The largest absolute Gasteiger partial charge is 0.408 e. The highest BCUT2D eigenvalue weighted by Gasteiger charge is 2.21. The van der Waals surface area contributed by atoms with Crippen LogP contribution in [0.15, 0.2) is 28.7 Å². The Kier molecular flexibility index (Phi) is 5.06. The fourth-order valence-electron chi connectivity index (χ4n) is 2.82. The van der Waals surface area contributed by atoms with E-state index >= 15 is 0 Å². The van der Waals surface area contributed by atoms with Crippen molar-refractivity contribution in [3.05, 3.63) is 41.3 Å². The van der Waals surface area contributed by atoms with E-state index in [1.807, 2.05) is 49.9 Å². The van der Waals surface area contributed by atoms with Crippen LogP contribution in [0.1, 0.15) is 61.8 Å². The topological polar surface area (TPSA) is 71.3 Å². The van der Waals surface area contributed by atoms with E-state index in [0.29, 0.717) is 18.5 Å². The van der Waals surface area contributed by atoms with Crippen molar-refractivity contribution in [3.63, 3.8) is 0 Å². The number of aromatic nitrogens is 2. The van der Waals surface area contributed by atoms with E-state index in [0.717, 1.165) is 37.1 Å². The molecule has 0 saturated carbocycles. The summed E-state index contributed by atoms with van der Waals surface area (Å²) in [6, 6.07) is 8.12. The third kappa shape index (κ3) is 4.38. The Morgan fingerprint density at radius 1 is 1.12 bits per heavy atom. The zero-order valence-corrected chi connectivity index (χ0v) is 15.2. The van der Waals surface area contributed by atoms with Crippen LogP contribution in [0, 0.1) is 0 Å². The van der Waals surface area contributed by atoms with Crippen molar-refractivity contribution in [2.75, 3.05) is 18.4 Å². The van der Waals surface area contributed by atoms with E-state index in [2.05, 4.69) is 15.5 Å². The highest BCUT2D eigenvalue weighted by atomic mass is 16.4. The molecule has 0 aliphatic carbocycles. The maximum atomic E-state index is 12.5. The van der Waals surface area contributed by atoms with Gasteiger partial charge in [-0.15, -0.1) is 5.10 Å². The van der Waals surface area contributed by atoms with Crippen LogP contribution in [0.5, 0.6) is 0 Å². The summed E-state index contributed by atoms with van der Waals surface area (Å²) < 4.78 is 5.62. The molecule has 2 aromatic rings. The lowest BCUT2D eigenvalue weighted by molar-refractivity contribution is 0.0724. The zero-order chi connectivity index (χ0) is 17.9. The molecule has 1 aromatic heterocycles. The Hall–Kier alpha value is -2.37. The number of likely N-dealkylation sites (tertiary alicyclic amines) is 1. The number of nitrogens with zero attached hydrogens (tertiary/aromatic N) is 3. The molecule has 0 spiro atoms. The molecule has 1 aromatic carbocycles. The first-order chi connectivity index (χ1) is 11.9. The summed E-state index contributed by atoms with van der Waals surface area (Å²) in [5, 5.41) is 11.2. The fourth-order valence-corrected chi connectivity index (χ4v) is 2.82. The van der Waals surface area contributed by atoms with E-state index in [1.54, 1.807) is 0 Å². The summed E-state index contributed by atoms with van der Waals surface area (Å²) in [4.78, 5) is 14.4. The number of nitrogens with one attached hydrogen (secondary N) is 1. The summed E-state index contributed by atoms with van der Waals surface area (Å²) in [5.74, 6) is 0.739. The van der Waals surface area contributed by atoms with Crippen LogP contribution >= 0.6 is 0 Å². The molecule has 1 amide bonds. The average molecular weight is 342 g/mol. The van der Waals surface area contributed by atoms with Gasteiger partial charge in [-0.05, 0) is 37.0 Å². The van der Waals surface area contributed by atoms with Crippen molar-refractivity contribution >= 4 is 11.9 Å². The minimum Gasteiger partial charge on any atom is -0.408 e. The van der Waals surface area contributed by atoms with Crippen molar-refractivity contribution in [2.24, 2.45) is 0 Å². The van der Waals surface area contributed by atoms with E-state index in [1.165, 1.54) is 6.42 Å². The molecular formula is C19H26N4O2. The van der Waals surface area contributed by atoms with Gasteiger partial charge in [-0.25, -0.2) is 0 Å². The first kappa shape index (κ1) is 17.5. The summed E-state index contributed by atoms with van der Waals surface area (Å²) in [5.41, 5.74) is 1.65. The van der Waals surface area contributed by atoms with Crippen LogP contribution in [-0.2, 0) is 12.0 Å². The van der Waals surface area contributed by atoms with Crippen LogP contribution in [0.25, 0.3) is 0 Å². The van der Waals surface area contributed by atoms with Crippen LogP contribution in [0.4, 0.5) is 6.01 Å². The average Bonchev–Trinajstić information content (AvgIpc) is 3.10. The summed E-state index contributed by atoms with van der Waals surface area (Å²) in [6.07, 6.45) is 3.43. The number of amides is 1. The van der Waals surface area contributed by atoms with Crippen molar-refractivity contribution in [2.45, 2.75) is 52.0 Å².